The van der Waals surface area contributed by atoms with Crippen molar-refractivity contribution >= 4 is 21.5 Å². The number of benzene rings is 4. The first-order valence-corrected chi connectivity index (χ1v) is 9.06. The SMILES string of the molecule is COc1cc(-c2cc(OC)c3c(C)cccc3c2O)c(O)c2cccc(C)c12. The molecule has 0 aromatic heterocycles. The molecule has 0 aliphatic heterocycles. The second kappa shape index (κ2) is 6.64. The molecule has 0 aliphatic carbocycles. The quantitative estimate of drug-likeness (QED) is 0.482. The number of aryl methyl sites for hydroxylation is 2. The van der Waals surface area contributed by atoms with Crippen LogP contribution in [0.1, 0.15) is 11.1 Å². The molecular formula is C24H22O4. The van der Waals surface area contributed by atoms with Gasteiger partial charge in [-0.2, -0.15) is 0 Å². The number of rotatable bonds is 3. The topological polar surface area (TPSA) is 58.9 Å². The van der Waals surface area contributed by atoms with Gasteiger partial charge in [-0.1, -0.05) is 36.4 Å². The molecule has 0 heterocycles. The third kappa shape index (κ3) is 2.53. The van der Waals surface area contributed by atoms with Gasteiger partial charge in [-0.25, -0.2) is 0 Å². The van der Waals surface area contributed by atoms with Crippen LogP contribution in [0.25, 0.3) is 32.7 Å². The minimum atomic E-state index is 0.101. The van der Waals surface area contributed by atoms with Gasteiger partial charge in [0.15, 0.2) is 0 Å². The van der Waals surface area contributed by atoms with Crippen molar-refractivity contribution in [2.45, 2.75) is 13.8 Å². The van der Waals surface area contributed by atoms with Gasteiger partial charge in [0.1, 0.15) is 23.0 Å². The van der Waals surface area contributed by atoms with Crippen molar-refractivity contribution in [2.24, 2.45) is 0 Å². The van der Waals surface area contributed by atoms with Gasteiger partial charge < -0.3 is 19.7 Å². The summed E-state index contributed by atoms with van der Waals surface area (Å²) in [7, 11) is 3.21. The molecule has 0 saturated carbocycles. The Balaban J connectivity index is 2.13. The fraction of sp³-hybridized carbons (Fsp3) is 0.167. The highest BCUT2D eigenvalue weighted by atomic mass is 16.5. The van der Waals surface area contributed by atoms with E-state index in [-0.39, 0.29) is 11.5 Å². The zero-order chi connectivity index (χ0) is 20.0. The van der Waals surface area contributed by atoms with E-state index in [1.165, 1.54) is 0 Å². The van der Waals surface area contributed by atoms with E-state index in [0.29, 0.717) is 33.4 Å². The summed E-state index contributed by atoms with van der Waals surface area (Å²) in [6, 6.07) is 15.0. The zero-order valence-corrected chi connectivity index (χ0v) is 16.3. The molecule has 0 radical (unpaired) electrons. The molecule has 0 unspecified atom stereocenters. The second-order valence-corrected chi connectivity index (χ2v) is 6.94. The molecule has 0 amide bonds. The van der Waals surface area contributed by atoms with Gasteiger partial charge in [0.05, 0.1) is 14.2 Å². The van der Waals surface area contributed by atoms with Crippen LogP contribution < -0.4 is 9.47 Å². The summed E-state index contributed by atoms with van der Waals surface area (Å²) in [4.78, 5) is 0. The van der Waals surface area contributed by atoms with Crippen molar-refractivity contribution in [1.29, 1.82) is 0 Å². The van der Waals surface area contributed by atoms with Crippen molar-refractivity contribution < 1.29 is 19.7 Å². The van der Waals surface area contributed by atoms with E-state index in [2.05, 4.69) is 0 Å². The molecule has 0 bridgehead atoms. The van der Waals surface area contributed by atoms with E-state index in [1.54, 1.807) is 26.4 Å². The smallest absolute Gasteiger partial charge is 0.131 e. The van der Waals surface area contributed by atoms with Crippen LogP contribution in [0.15, 0.2) is 48.5 Å². The van der Waals surface area contributed by atoms with Crippen LogP contribution in [0.2, 0.25) is 0 Å². The van der Waals surface area contributed by atoms with Gasteiger partial charge >= 0.3 is 0 Å². The fourth-order valence-corrected chi connectivity index (χ4v) is 3.95. The van der Waals surface area contributed by atoms with Crippen LogP contribution in [-0.2, 0) is 0 Å². The predicted molar refractivity (Wildman–Crippen MR) is 113 cm³/mol. The van der Waals surface area contributed by atoms with E-state index in [4.69, 9.17) is 9.47 Å². The summed E-state index contributed by atoms with van der Waals surface area (Å²) in [5.41, 5.74) is 3.00. The van der Waals surface area contributed by atoms with E-state index >= 15 is 0 Å². The van der Waals surface area contributed by atoms with Crippen LogP contribution in [0.4, 0.5) is 0 Å². The van der Waals surface area contributed by atoms with Crippen LogP contribution in [0.5, 0.6) is 23.0 Å². The van der Waals surface area contributed by atoms with Gasteiger partial charge in [0.25, 0.3) is 0 Å². The Kier molecular flexibility index (Phi) is 4.27. The van der Waals surface area contributed by atoms with E-state index in [9.17, 15) is 10.2 Å². The molecule has 0 aliphatic rings. The highest BCUT2D eigenvalue weighted by molar-refractivity contribution is 6.05. The fourth-order valence-electron chi connectivity index (χ4n) is 3.95. The lowest BCUT2D eigenvalue weighted by Crippen LogP contribution is -1.93. The molecule has 4 rings (SSSR count). The maximum absolute atomic E-state index is 11.1. The minimum Gasteiger partial charge on any atom is -0.507 e. The zero-order valence-electron chi connectivity index (χ0n) is 16.3. The van der Waals surface area contributed by atoms with Crippen molar-refractivity contribution in [3.05, 3.63) is 59.7 Å². The first kappa shape index (κ1) is 18.0. The van der Waals surface area contributed by atoms with Gasteiger partial charge in [-0.05, 0) is 37.1 Å². The van der Waals surface area contributed by atoms with Gasteiger partial charge in [0.2, 0.25) is 0 Å². The van der Waals surface area contributed by atoms with Crippen molar-refractivity contribution in [2.75, 3.05) is 14.2 Å². The molecule has 0 saturated heterocycles. The van der Waals surface area contributed by atoms with Gasteiger partial charge in [0, 0.05) is 32.7 Å². The van der Waals surface area contributed by atoms with E-state index in [0.717, 1.165) is 21.9 Å². The monoisotopic (exact) mass is 374 g/mol. The largest absolute Gasteiger partial charge is 0.507 e. The highest BCUT2D eigenvalue weighted by Crippen LogP contribution is 2.48. The van der Waals surface area contributed by atoms with Crippen LogP contribution >= 0.6 is 0 Å². The lowest BCUT2D eigenvalue weighted by molar-refractivity contribution is 0.417. The Labute approximate surface area is 163 Å². The molecule has 4 nitrogen and oxygen atoms in total. The van der Waals surface area contributed by atoms with Crippen LogP contribution in [0.3, 0.4) is 0 Å². The number of hydrogen-bond acceptors (Lipinski definition) is 4. The standard InChI is InChI=1S/C24H22O4/c1-13-7-5-9-15-21(13)19(27-3)11-17(23(15)25)18-12-20(28-4)22-14(2)8-6-10-16(22)24(18)26/h5-12,25-26H,1-4H3. The third-order valence-corrected chi connectivity index (χ3v) is 5.34. The molecule has 0 atom stereocenters. The normalized spacial score (nSPS) is 11.1. The molecule has 0 fully saturated rings. The average molecular weight is 374 g/mol. The van der Waals surface area contributed by atoms with Crippen molar-refractivity contribution in [3.63, 3.8) is 0 Å². The number of ether oxygens (including phenoxy) is 2. The highest BCUT2D eigenvalue weighted by Gasteiger charge is 2.20. The summed E-state index contributed by atoms with van der Waals surface area (Å²) >= 11 is 0. The Morgan fingerprint density at radius 2 is 1.04 bits per heavy atom. The molecule has 0 spiro atoms. The summed E-state index contributed by atoms with van der Waals surface area (Å²) in [6.45, 7) is 3.95. The number of methoxy groups -OCH3 is 2. The summed E-state index contributed by atoms with van der Waals surface area (Å²) in [5.74, 6) is 1.49. The average Bonchev–Trinajstić information content (AvgIpc) is 2.70. The molecule has 4 heteroatoms. The number of phenolic OH excluding ortho intramolecular Hbond substituents is 2. The predicted octanol–water partition coefficient (Wildman–Crippen LogP) is 5.71. The Bertz CT molecular complexity index is 1130. The lowest BCUT2D eigenvalue weighted by atomic mass is 9.93. The summed E-state index contributed by atoms with van der Waals surface area (Å²) < 4.78 is 11.2. The molecule has 142 valence electrons. The summed E-state index contributed by atoms with van der Waals surface area (Å²) in [5, 5.41) is 25.2. The van der Waals surface area contributed by atoms with Crippen LogP contribution in [-0.4, -0.2) is 24.4 Å². The lowest BCUT2D eigenvalue weighted by Gasteiger charge is -2.17. The minimum absolute atomic E-state index is 0.101. The second-order valence-electron chi connectivity index (χ2n) is 6.94. The molecule has 28 heavy (non-hydrogen) atoms. The molecule has 2 N–H and O–H groups in total. The Morgan fingerprint density at radius 3 is 1.39 bits per heavy atom. The third-order valence-electron chi connectivity index (χ3n) is 5.34. The van der Waals surface area contributed by atoms with Crippen molar-refractivity contribution in [1.82, 2.24) is 0 Å². The molecular weight excluding hydrogens is 352 g/mol. The number of hydrogen-bond donors (Lipinski definition) is 2. The van der Waals surface area contributed by atoms with Crippen molar-refractivity contribution in [3.8, 4) is 34.1 Å². The first-order valence-electron chi connectivity index (χ1n) is 9.06. The summed E-state index contributed by atoms with van der Waals surface area (Å²) in [6.07, 6.45) is 0. The maximum Gasteiger partial charge on any atom is 0.131 e. The number of fused-ring (bicyclic) bond motifs is 2. The van der Waals surface area contributed by atoms with Crippen LogP contribution in [0, 0.1) is 13.8 Å². The van der Waals surface area contributed by atoms with E-state index in [1.807, 2.05) is 50.2 Å². The number of aromatic hydroxyl groups is 2. The Hall–Kier alpha value is -3.40. The van der Waals surface area contributed by atoms with Gasteiger partial charge in [-0.3, -0.25) is 0 Å². The number of phenols is 2. The maximum atomic E-state index is 11.1. The first-order chi connectivity index (χ1) is 13.5. The van der Waals surface area contributed by atoms with E-state index < -0.39 is 0 Å². The molecule has 4 aromatic carbocycles. The Morgan fingerprint density at radius 1 is 0.643 bits per heavy atom. The molecule has 4 aromatic rings. The van der Waals surface area contributed by atoms with Gasteiger partial charge in [-0.15, -0.1) is 0 Å².